The summed E-state index contributed by atoms with van der Waals surface area (Å²) in [5.74, 6) is 0. The highest BCUT2D eigenvalue weighted by molar-refractivity contribution is 7.15. The van der Waals surface area contributed by atoms with Crippen LogP contribution in [0.3, 0.4) is 0 Å². The van der Waals surface area contributed by atoms with Crippen molar-refractivity contribution in [2.45, 2.75) is 25.3 Å². The Kier molecular flexibility index (Phi) is 3.32. The summed E-state index contributed by atoms with van der Waals surface area (Å²) in [6, 6.07) is 5.59. The summed E-state index contributed by atoms with van der Waals surface area (Å²) in [6.07, 6.45) is 3.24. The van der Waals surface area contributed by atoms with E-state index in [2.05, 4.69) is 4.98 Å². The first kappa shape index (κ1) is 12.4. The predicted octanol–water partition coefficient (Wildman–Crippen LogP) is 4.45. The summed E-state index contributed by atoms with van der Waals surface area (Å²) >= 11 is 13.7. The fourth-order valence-electron chi connectivity index (χ4n) is 2.25. The molecule has 2 nitrogen and oxygen atoms in total. The Labute approximate surface area is 120 Å². The number of aryl methyl sites for hydroxylation is 1. The molecule has 0 saturated carbocycles. The Morgan fingerprint density at radius 3 is 2.61 bits per heavy atom. The fraction of sp³-hybridized carbons (Fsp3) is 0.308. The van der Waals surface area contributed by atoms with Crippen molar-refractivity contribution in [1.82, 2.24) is 4.98 Å². The lowest BCUT2D eigenvalue weighted by atomic mass is 9.99. The Hall–Kier alpha value is -0.610. The quantitative estimate of drug-likeness (QED) is 0.844. The van der Waals surface area contributed by atoms with Crippen LogP contribution in [0.2, 0.25) is 10.0 Å². The van der Waals surface area contributed by atoms with E-state index in [1.54, 1.807) is 17.4 Å². The van der Waals surface area contributed by atoms with Crippen molar-refractivity contribution in [2.24, 2.45) is 5.73 Å². The molecule has 0 saturated heterocycles. The van der Waals surface area contributed by atoms with Gasteiger partial charge in [0.1, 0.15) is 5.01 Å². The van der Waals surface area contributed by atoms with E-state index in [4.69, 9.17) is 28.9 Å². The van der Waals surface area contributed by atoms with Gasteiger partial charge in [0.15, 0.2) is 0 Å². The van der Waals surface area contributed by atoms with E-state index < -0.39 is 0 Å². The largest absolute Gasteiger partial charge is 0.323 e. The lowest BCUT2D eigenvalue weighted by Gasteiger charge is -2.15. The maximum atomic E-state index is 6.09. The van der Waals surface area contributed by atoms with Gasteiger partial charge in [0, 0.05) is 26.5 Å². The van der Waals surface area contributed by atoms with Gasteiger partial charge in [0.25, 0.3) is 0 Å². The topological polar surface area (TPSA) is 38.9 Å². The molecule has 1 unspecified atom stereocenters. The van der Waals surface area contributed by atoms with Crippen LogP contribution in [0.5, 0.6) is 0 Å². The van der Waals surface area contributed by atoms with Crippen LogP contribution in [0.4, 0.5) is 0 Å². The van der Waals surface area contributed by atoms with Crippen molar-refractivity contribution in [3.8, 4) is 10.6 Å². The lowest BCUT2D eigenvalue weighted by Crippen LogP contribution is -2.16. The molecule has 1 heterocycles. The second kappa shape index (κ2) is 4.82. The number of nitrogens with two attached hydrogens (primary N) is 1. The molecule has 0 radical (unpaired) electrons. The summed E-state index contributed by atoms with van der Waals surface area (Å²) in [5.41, 5.74) is 8.11. The molecule has 0 spiro atoms. The van der Waals surface area contributed by atoms with Crippen LogP contribution in [-0.4, -0.2) is 4.98 Å². The molecule has 2 N–H and O–H groups in total. The molecule has 1 aromatic carbocycles. The van der Waals surface area contributed by atoms with Gasteiger partial charge in [-0.25, -0.2) is 4.98 Å². The Morgan fingerprint density at radius 2 is 1.94 bits per heavy atom. The number of hydrogen-bond acceptors (Lipinski definition) is 3. The second-order valence-corrected chi connectivity index (χ2v) is 6.44. The van der Waals surface area contributed by atoms with Crippen LogP contribution in [0, 0.1) is 0 Å². The molecule has 1 aliphatic rings. The van der Waals surface area contributed by atoms with Crippen molar-refractivity contribution >= 4 is 34.5 Å². The number of thiazole rings is 1. The molecule has 0 aliphatic heterocycles. The van der Waals surface area contributed by atoms with E-state index in [0.717, 1.165) is 35.5 Å². The van der Waals surface area contributed by atoms with Crippen LogP contribution in [0.15, 0.2) is 18.2 Å². The van der Waals surface area contributed by atoms with E-state index in [1.165, 1.54) is 4.88 Å². The highest BCUT2D eigenvalue weighted by Gasteiger charge is 2.22. The molecule has 2 aromatic rings. The molecule has 5 heteroatoms. The van der Waals surface area contributed by atoms with Crippen molar-refractivity contribution in [3.05, 3.63) is 38.8 Å². The lowest BCUT2D eigenvalue weighted by molar-refractivity contribution is 0.564. The molecular formula is C13H12Cl2N2S. The van der Waals surface area contributed by atoms with Crippen LogP contribution >= 0.6 is 34.5 Å². The summed E-state index contributed by atoms with van der Waals surface area (Å²) in [7, 11) is 0. The Balaban J connectivity index is 2.07. The molecule has 18 heavy (non-hydrogen) atoms. The van der Waals surface area contributed by atoms with E-state index in [9.17, 15) is 0 Å². The smallest absolute Gasteiger partial charge is 0.124 e. The van der Waals surface area contributed by atoms with E-state index in [0.29, 0.717) is 10.0 Å². The minimum Gasteiger partial charge on any atom is -0.323 e. The Bertz CT molecular complexity index is 574. The SMILES string of the molecule is NC1CCCc2sc(-c3cc(Cl)cc(Cl)c3)nc21. The third-order valence-electron chi connectivity index (χ3n) is 3.11. The van der Waals surface area contributed by atoms with E-state index >= 15 is 0 Å². The summed E-state index contributed by atoms with van der Waals surface area (Å²) in [5, 5.41) is 2.23. The number of benzene rings is 1. The molecule has 0 amide bonds. The highest BCUT2D eigenvalue weighted by Crippen LogP contribution is 2.37. The monoisotopic (exact) mass is 298 g/mol. The number of fused-ring (bicyclic) bond motifs is 1. The van der Waals surface area contributed by atoms with Gasteiger partial charge in [-0.2, -0.15) is 0 Å². The molecule has 0 bridgehead atoms. The first-order valence-corrected chi connectivity index (χ1v) is 7.42. The van der Waals surface area contributed by atoms with Gasteiger partial charge in [-0.3, -0.25) is 0 Å². The van der Waals surface area contributed by atoms with Crippen molar-refractivity contribution in [1.29, 1.82) is 0 Å². The van der Waals surface area contributed by atoms with E-state index in [-0.39, 0.29) is 6.04 Å². The maximum absolute atomic E-state index is 6.09. The maximum Gasteiger partial charge on any atom is 0.124 e. The van der Waals surface area contributed by atoms with Gasteiger partial charge in [-0.05, 0) is 37.5 Å². The van der Waals surface area contributed by atoms with Gasteiger partial charge in [-0.15, -0.1) is 11.3 Å². The minimum atomic E-state index is 0.0772. The van der Waals surface area contributed by atoms with Crippen molar-refractivity contribution in [2.75, 3.05) is 0 Å². The number of aromatic nitrogens is 1. The molecule has 3 rings (SSSR count). The first-order chi connectivity index (χ1) is 8.63. The van der Waals surface area contributed by atoms with Crippen LogP contribution in [0.1, 0.15) is 29.5 Å². The normalized spacial score (nSPS) is 18.7. The average Bonchev–Trinajstić information content (AvgIpc) is 2.73. The first-order valence-electron chi connectivity index (χ1n) is 5.85. The highest BCUT2D eigenvalue weighted by atomic mass is 35.5. The van der Waals surface area contributed by atoms with Crippen molar-refractivity contribution in [3.63, 3.8) is 0 Å². The number of nitrogens with zero attached hydrogens (tertiary/aromatic N) is 1. The minimum absolute atomic E-state index is 0.0772. The third kappa shape index (κ3) is 2.28. The van der Waals surface area contributed by atoms with Crippen LogP contribution < -0.4 is 5.73 Å². The number of rotatable bonds is 1. The number of hydrogen-bond donors (Lipinski definition) is 1. The van der Waals surface area contributed by atoms with Gasteiger partial charge in [-0.1, -0.05) is 23.2 Å². The standard InChI is InChI=1S/C13H12Cl2N2S/c14-8-4-7(5-9(15)6-8)13-17-12-10(16)2-1-3-11(12)18-13/h4-6,10H,1-3,16H2. The zero-order valence-electron chi connectivity index (χ0n) is 9.62. The fourth-order valence-corrected chi connectivity index (χ4v) is 3.94. The third-order valence-corrected chi connectivity index (χ3v) is 4.72. The number of halogens is 2. The average molecular weight is 299 g/mol. The molecule has 1 atom stereocenters. The zero-order chi connectivity index (χ0) is 12.7. The predicted molar refractivity (Wildman–Crippen MR) is 77.4 cm³/mol. The van der Waals surface area contributed by atoms with E-state index in [1.807, 2.05) is 12.1 Å². The summed E-state index contributed by atoms with van der Waals surface area (Å²) < 4.78 is 0. The van der Waals surface area contributed by atoms with Crippen LogP contribution in [-0.2, 0) is 6.42 Å². The second-order valence-electron chi connectivity index (χ2n) is 4.48. The zero-order valence-corrected chi connectivity index (χ0v) is 11.9. The van der Waals surface area contributed by atoms with Crippen LogP contribution in [0.25, 0.3) is 10.6 Å². The van der Waals surface area contributed by atoms with Gasteiger partial charge in [0.05, 0.1) is 5.69 Å². The molecular weight excluding hydrogens is 287 g/mol. The molecule has 94 valence electrons. The molecule has 0 fully saturated rings. The molecule has 1 aromatic heterocycles. The van der Waals surface area contributed by atoms with Gasteiger partial charge in [0.2, 0.25) is 0 Å². The molecule has 1 aliphatic carbocycles. The Morgan fingerprint density at radius 1 is 1.22 bits per heavy atom. The summed E-state index contributed by atoms with van der Waals surface area (Å²) in [4.78, 5) is 5.97. The van der Waals surface area contributed by atoms with Crippen molar-refractivity contribution < 1.29 is 0 Å². The van der Waals surface area contributed by atoms with Gasteiger partial charge >= 0.3 is 0 Å². The van der Waals surface area contributed by atoms with Gasteiger partial charge < -0.3 is 5.73 Å². The summed E-state index contributed by atoms with van der Waals surface area (Å²) in [6.45, 7) is 0.